The van der Waals surface area contributed by atoms with Crippen molar-refractivity contribution < 1.29 is 41.5 Å². The number of anilines is 2. The molecular formula is C30H26F2N6O7S. The van der Waals surface area contributed by atoms with Gasteiger partial charge in [-0.3, -0.25) is 14.3 Å². The van der Waals surface area contributed by atoms with Gasteiger partial charge in [0.25, 0.3) is 15.9 Å². The van der Waals surface area contributed by atoms with Gasteiger partial charge < -0.3 is 19.9 Å². The minimum Gasteiger partial charge on any atom is -0.480 e. The molecule has 5 rings (SSSR count). The van der Waals surface area contributed by atoms with E-state index in [2.05, 4.69) is 10.3 Å². The molecule has 0 aliphatic carbocycles. The van der Waals surface area contributed by atoms with Gasteiger partial charge in [-0.2, -0.15) is 8.42 Å². The van der Waals surface area contributed by atoms with E-state index in [-0.39, 0.29) is 25.1 Å². The summed E-state index contributed by atoms with van der Waals surface area (Å²) in [6.07, 6.45) is 4.58. The molecule has 1 aliphatic rings. The number of pyridine rings is 1. The molecule has 0 bridgehead atoms. The number of aliphatic carboxylic acids is 1. The first kappa shape index (κ1) is 31.8. The van der Waals surface area contributed by atoms with Crippen molar-refractivity contribution in [2.24, 2.45) is 0 Å². The first-order chi connectivity index (χ1) is 21.8. The van der Waals surface area contributed by atoms with Crippen LogP contribution in [0.2, 0.25) is 0 Å². The number of nitrogens with zero attached hydrogens (tertiary/aromatic N) is 4. The Labute approximate surface area is 261 Å². The Morgan fingerprint density at radius 3 is 2.22 bits per heavy atom. The summed E-state index contributed by atoms with van der Waals surface area (Å²) in [5, 5.41) is 11.3. The number of imide groups is 1. The molecule has 1 atom stereocenters. The largest absolute Gasteiger partial charge is 0.480 e. The number of carboxylic acid groups (broad SMARTS) is 1. The number of carboxylic acids is 1. The fraction of sp³-hybridized carbons (Fsp3) is 0.167. The van der Waals surface area contributed by atoms with Crippen molar-refractivity contribution in [3.8, 4) is 5.69 Å². The number of hydrogen-bond acceptors (Lipinski definition) is 7. The van der Waals surface area contributed by atoms with E-state index >= 15 is 0 Å². The van der Waals surface area contributed by atoms with Crippen LogP contribution in [-0.2, 0) is 26.0 Å². The zero-order valence-electron chi connectivity index (χ0n) is 24.1. The number of nitrogens with one attached hydrogen (secondary N) is 2. The molecule has 46 heavy (non-hydrogen) atoms. The number of urea groups is 1. The standard InChI is InChI=1S/C30H26F2N6O7S/c1-36-13-10-26(39)38(30(36)43)20-6-4-18(5-7-20)14-24(29(41)42)34-28(40)27-22(31)15-19(16-23(27)32)35-46(44,45)25-9-8-21(17-33-25)37-11-2-3-12-37/h2-9,11-12,15-17,24,35H,10,13-14H2,1H3,(H,34,40)(H,41,42)/t24-/m0/s1. The molecule has 2 aromatic carbocycles. The number of aromatic nitrogens is 2. The molecule has 16 heteroatoms. The molecule has 4 amide bonds. The molecule has 1 fully saturated rings. The van der Waals surface area contributed by atoms with Crippen molar-refractivity contribution in [2.75, 3.05) is 23.2 Å². The number of rotatable bonds is 10. The topological polar surface area (TPSA) is 171 Å². The number of amides is 4. The Bertz CT molecular complexity index is 1890. The minimum atomic E-state index is -4.37. The average Bonchev–Trinajstić information content (AvgIpc) is 3.54. The normalized spacial score (nSPS) is 14.2. The number of benzene rings is 2. The van der Waals surface area contributed by atoms with Crippen LogP contribution in [0.5, 0.6) is 0 Å². The molecule has 1 saturated heterocycles. The first-order valence-electron chi connectivity index (χ1n) is 13.7. The van der Waals surface area contributed by atoms with Crippen LogP contribution in [0.25, 0.3) is 5.69 Å². The van der Waals surface area contributed by atoms with Crippen LogP contribution in [0.1, 0.15) is 22.3 Å². The summed E-state index contributed by atoms with van der Waals surface area (Å²) in [4.78, 5) is 55.7. The highest BCUT2D eigenvalue weighted by Crippen LogP contribution is 2.24. The van der Waals surface area contributed by atoms with E-state index in [0.29, 0.717) is 23.4 Å². The van der Waals surface area contributed by atoms with Crippen LogP contribution in [0, 0.1) is 11.6 Å². The Morgan fingerprint density at radius 1 is 1.00 bits per heavy atom. The van der Waals surface area contributed by atoms with Crippen LogP contribution < -0.4 is 14.9 Å². The lowest BCUT2D eigenvalue weighted by Crippen LogP contribution is -2.50. The van der Waals surface area contributed by atoms with Gasteiger partial charge in [0.05, 0.1) is 23.3 Å². The molecule has 238 valence electrons. The lowest BCUT2D eigenvalue weighted by atomic mass is 10.0. The maximum Gasteiger partial charge on any atom is 0.331 e. The Morgan fingerprint density at radius 2 is 1.63 bits per heavy atom. The number of carbonyl (C=O) groups excluding carboxylic acids is 3. The van der Waals surface area contributed by atoms with Crippen molar-refractivity contribution >= 4 is 45.2 Å². The third-order valence-electron chi connectivity index (χ3n) is 7.09. The first-order valence-corrected chi connectivity index (χ1v) is 15.1. The van der Waals surface area contributed by atoms with Crippen molar-refractivity contribution in [1.82, 2.24) is 19.8 Å². The fourth-order valence-corrected chi connectivity index (χ4v) is 5.67. The van der Waals surface area contributed by atoms with Crippen molar-refractivity contribution in [3.63, 3.8) is 0 Å². The molecule has 2 aromatic heterocycles. The van der Waals surface area contributed by atoms with Crippen LogP contribution >= 0.6 is 0 Å². The molecule has 4 aromatic rings. The average molecular weight is 653 g/mol. The monoisotopic (exact) mass is 652 g/mol. The maximum atomic E-state index is 15.0. The molecule has 0 unspecified atom stereocenters. The molecule has 0 saturated carbocycles. The summed E-state index contributed by atoms with van der Waals surface area (Å²) in [5.41, 5.74) is -0.431. The van der Waals surface area contributed by atoms with Crippen LogP contribution in [0.15, 0.2) is 84.3 Å². The summed E-state index contributed by atoms with van der Waals surface area (Å²) in [6.45, 7) is 0.285. The second-order valence-electron chi connectivity index (χ2n) is 10.3. The van der Waals surface area contributed by atoms with E-state index in [9.17, 15) is 41.5 Å². The minimum absolute atomic E-state index is 0.136. The van der Waals surface area contributed by atoms with E-state index in [4.69, 9.17) is 0 Å². The second kappa shape index (κ2) is 12.8. The lowest BCUT2D eigenvalue weighted by Gasteiger charge is -2.31. The van der Waals surface area contributed by atoms with E-state index in [1.165, 1.54) is 47.5 Å². The summed E-state index contributed by atoms with van der Waals surface area (Å²) in [7, 11) is -2.82. The zero-order chi connectivity index (χ0) is 33.2. The third kappa shape index (κ3) is 6.71. The van der Waals surface area contributed by atoms with Gasteiger partial charge in [-0.1, -0.05) is 12.1 Å². The molecule has 3 heterocycles. The van der Waals surface area contributed by atoms with Crippen molar-refractivity contribution in [1.29, 1.82) is 0 Å². The molecule has 0 spiro atoms. The summed E-state index contributed by atoms with van der Waals surface area (Å²) >= 11 is 0. The highest BCUT2D eigenvalue weighted by molar-refractivity contribution is 7.92. The number of hydrogen-bond donors (Lipinski definition) is 3. The molecule has 3 N–H and O–H groups in total. The van der Waals surface area contributed by atoms with Crippen LogP contribution in [-0.4, -0.2) is 71.4 Å². The highest BCUT2D eigenvalue weighted by Gasteiger charge is 2.31. The number of carbonyl (C=O) groups is 4. The number of sulfonamides is 1. The van der Waals surface area contributed by atoms with Gasteiger partial charge >= 0.3 is 12.0 Å². The highest BCUT2D eigenvalue weighted by atomic mass is 32.2. The molecular weight excluding hydrogens is 626 g/mol. The van der Waals surface area contributed by atoms with Gasteiger partial charge in [0.15, 0.2) is 5.03 Å². The molecule has 1 aliphatic heterocycles. The van der Waals surface area contributed by atoms with Gasteiger partial charge in [-0.05, 0) is 54.1 Å². The van der Waals surface area contributed by atoms with E-state index in [1.807, 2.05) is 4.72 Å². The third-order valence-corrected chi connectivity index (χ3v) is 8.38. The second-order valence-corrected chi connectivity index (χ2v) is 11.9. The van der Waals surface area contributed by atoms with E-state index in [1.54, 1.807) is 36.1 Å². The lowest BCUT2D eigenvalue weighted by molar-refractivity contribution is -0.139. The predicted molar refractivity (Wildman–Crippen MR) is 160 cm³/mol. The zero-order valence-corrected chi connectivity index (χ0v) is 24.9. The fourth-order valence-electron chi connectivity index (χ4n) is 4.70. The Balaban J connectivity index is 1.27. The van der Waals surface area contributed by atoms with Gasteiger partial charge in [0, 0.05) is 38.8 Å². The van der Waals surface area contributed by atoms with Gasteiger partial charge in [0.1, 0.15) is 23.2 Å². The summed E-state index contributed by atoms with van der Waals surface area (Å²) < 4.78 is 59.2. The number of halogens is 2. The van der Waals surface area contributed by atoms with Crippen molar-refractivity contribution in [3.05, 3.63) is 102 Å². The summed E-state index contributed by atoms with van der Waals surface area (Å²) in [5.74, 6) is -6.17. The summed E-state index contributed by atoms with van der Waals surface area (Å²) in [6, 6.07) is 11.0. The van der Waals surface area contributed by atoms with E-state index in [0.717, 1.165) is 4.90 Å². The van der Waals surface area contributed by atoms with E-state index < -0.39 is 67.8 Å². The van der Waals surface area contributed by atoms with Gasteiger partial charge in [0.2, 0.25) is 5.91 Å². The SMILES string of the molecule is CN1CCC(=O)N(c2ccc(C[C@H](NC(=O)c3c(F)cc(NS(=O)(=O)c4ccc(-n5cccc5)cn4)cc3F)C(=O)O)cc2)C1=O. The van der Waals surface area contributed by atoms with Gasteiger partial charge in [-0.25, -0.2) is 28.3 Å². The smallest absolute Gasteiger partial charge is 0.331 e. The molecule has 13 nitrogen and oxygen atoms in total. The van der Waals surface area contributed by atoms with Crippen LogP contribution in [0.3, 0.4) is 0 Å². The quantitative estimate of drug-likeness (QED) is 0.235. The predicted octanol–water partition coefficient (Wildman–Crippen LogP) is 3.17. The van der Waals surface area contributed by atoms with Gasteiger partial charge in [-0.15, -0.1) is 0 Å². The maximum absolute atomic E-state index is 15.0. The Hall–Kier alpha value is -5.64. The Kier molecular flexibility index (Phi) is 8.82. The van der Waals surface area contributed by atoms with Crippen molar-refractivity contribution in [2.45, 2.75) is 23.9 Å². The van der Waals surface area contributed by atoms with Crippen LogP contribution in [0.4, 0.5) is 25.0 Å². The molecule has 0 radical (unpaired) electrons.